The largest absolute Gasteiger partial charge is 0.318 e. The van der Waals surface area contributed by atoms with Crippen molar-refractivity contribution in [3.05, 3.63) is 64.4 Å². The van der Waals surface area contributed by atoms with E-state index in [0.717, 1.165) is 10.0 Å². The molecule has 2 aromatic carbocycles. The minimum Gasteiger partial charge on any atom is -0.318 e. The highest BCUT2D eigenvalue weighted by Crippen LogP contribution is 2.38. The Balaban J connectivity index is 1.97. The van der Waals surface area contributed by atoms with Gasteiger partial charge in [0, 0.05) is 10.2 Å². The summed E-state index contributed by atoms with van der Waals surface area (Å²) < 4.78 is 14.3. The molecule has 0 spiro atoms. The first-order valence-electron chi connectivity index (χ1n) is 6.17. The van der Waals surface area contributed by atoms with Gasteiger partial charge in [0.15, 0.2) is 0 Å². The Hall–Kier alpha value is -1.72. The second-order valence-corrected chi connectivity index (χ2v) is 5.63. The number of anilines is 1. The van der Waals surface area contributed by atoms with Crippen molar-refractivity contribution in [2.45, 2.75) is 12.1 Å². The van der Waals surface area contributed by atoms with E-state index in [1.165, 1.54) is 17.0 Å². The molecule has 0 bridgehead atoms. The first-order chi connectivity index (χ1) is 9.58. The van der Waals surface area contributed by atoms with Gasteiger partial charge in [0.2, 0.25) is 5.91 Å². The Labute approximate surface area is 124 Å². The topological polar surface area (TPSA) is 46.3 Å². The number of hydrogen-bond acceptors (Lipinski definition) is 2. The van der Waals surface area contributed by atoms with E-state index in [1.807, 2.05) is 24.3 Å². The van der Waals surface area contributed by atoms with Crippen molar-refractivity contribution in [2.24, 2.45) is 5.73 Å². The second kappa shape index (κ2) is 5.00. The van der Waals surface area contributed by atoms with Gasteiger partial charge in [-0.1, -0.05) is 34.1 Å². The van der Waals surface area contributed by atoms with E-state index in [1.54, 1.807) is 12.1 Å². The fraction of sp³-hybridized carbons (Fsp3) is 0.133. The zero-order valence-corrected chi connectivity index (χ0v) is 12.0. The number of nitrogens with two attached hydrogens (primary N) is 1. The van der Waals surface area contributed by atoms with Crippen molar-refractivity contribution in [3.63, 3.8) is 0 Å². The van der Waals surface area contributed by atoms with E-state index in [2.05, 4.69) is 15.9 Å². The smallest absolute Gasteiger partial charge is 0.247 e. The normalized spacial score (nSPS) is 21.8. The van der Waals surface area contributed by atoms with Crippen LogP contribution in [0.4, 0.5) is 10.1 Å². The van der Waals surface area contributed by atoms with Crippen LogP contribution in [0.15, 0.2) is 53.0 Å². The van der Waals surface area contributed by atoms with Gasteiger partial charge >= 0.3 is 0 Å². The number of amides is 1. The summed E-state index contributed by atoms with van der Waals surface area (Å²) in [7, 11) is 0. The van der Waals surface area contributed by atoms with Crippen LogP contribution in [-0.2, 0) is 4.79 Å². The lowest BCUT2D eigenvalue weighted by Crippen LogP contribution is -2.63. The number of carbonyl (C=O) groups excluding carboxylic acids is 1. The number of hydrogen-bond donors (Lipinski definition) is 1. The van der Waals surface area contributed by atoms with Crippen LogP contribution in [-0.4, -0.2) is 11.9 Å². The molecule has 0 radical (unpaired) electrons. The van der Waals surface area contributed by atoms with Gasteiger partial charge in [0.05, 0.1) is 6.04 Å². The average Bonchev–Trinajstić information content (AvgIpc) is 2.45. The lowest BCUT2D eigenvalue weighted by atomic mass is 9.88. The number of rotatable bonds is 2. The number of benzene rings is 2. The average molecular weight is 335 g/mol. The van der Waals surface area contributed by atoms with Gasteiger partial charge in [-0.3, -0.25) is 4.79 Å². The highest BCUT2D eigenvalue weighted by molar-refractivity contribution is 9.10. The quantitative estimate of drug-likeness (QED) is 0.858. The van der Waals surface area contributed by atoms with Crippen LogP contribution in [0.3, 0.4) is 0 Å². The molecule has 20 heavy (non-hydrogen) atoms. The van der Waals surface area contributed by atoms with Gasteiger partial charge in [0.25, 0.3) is 0 Å². The molecule has 1 fully saturated rings. The van der Waals surface area contributed by atoms with E-state index in [-0.39, 0.29) is 17.8 Å². The first-order valence-corrected chi connectivity index (χ1v) is 6.97. The molecule has 1 heterocycles. The van der Waals surface area contributed by atoms with Crippen LogP contribution in [0.5, 0.6) is 0 Å². The zero-order valence-electron chi connectivity index (χ0n) is 10.5. The fourth-order valence-electron chi connectivity index (χ4n) is 2.44. The van der Waals surface area contributed by atoms with E-state index in [9.17, 15) is 9.18 Å². The molecular weight excluding hydrogens is 323 g/mol. The molecule has 0 unspecified atom stereocenters. The summed E-state index contributed by atoms with van der Waals surface area (Å²) >= 11 is 3.37. The Bertz CT molecular complexity index is 659. The van der Waals surface area contributed by atoms with Gasteiger partial charge in [-0.15, -0.1) is 0 Å². The third-order valence-corrected chi connectivity index (χ3v) is 3.97. The van der Waals surface area contributed by atoms with Crippen LogP contribution in [0.2, 0.25) is 0 Å². The number of halogens is 2. The van der Waals surface area contributed by atoms with Gasteiger partial charge in [0.1, 0.15) is 11.9 Å². The third-order valence-electron chi connectivity index (χ3n) is 3.44. The molecule has 2 N–H and O–H groups in total. The predicted molar refractivity (Wildman–Crippen MR) is 78.7 cm³/mol. The molecule has 0 saturated carbocycles. The summed E-state index contributed by atoms with van der Waals surface area (Å²) in [6.45, 7) is 0. The minimum atomic E-state index is -0.584. The minimum absolute atomic E-state index is 0.191. The van der Waals surface area contributed by atoms with Crippen LogP contribution < -0.4 is 10.6 Å². The van der Waals surface area contributed by atoms with Gasteiger partial charge in [-0.05, 0) is 35.9 Å². The van der Waals surface area contributed by atoms with Crippen LogP contribution in [0.25, 0.3) is 0 Å². The van der Waals surface area contributed by atoms with E-state index in [0.29, 0.717) is 5.69 Å². The molecule has 1 aliphatic heterocycles. The lowest BCUT2D eigenvalue weighted by Gasteiger charge is -2.45. The summed E-state index contributed by atoms with van der Waals surface area (Å²) in [5.74, 6) is -0.561. The van der Waals surface area contributed by atoms with Gasteiger partial charge in [-0.2, -0.15) is 0 Å². The Morgan fingerprint density at radius 3 is 2.50 bits per heavy atom. The Morgan fingerprint density at radius 1 is 1.15 bits per heavy atom. The molecule has 5 heteroatoms. The lowest BCUT2D eigenvalue weighted by molar-refractivity contribution is -0.126. The van der Waals surface area contributed by atoms with Crippen LogP contribution >= 0.6 is 15.9 Å². The van der Waals surface area contributed by atoms with Crippen molar-refractivity contribution in [3.8, 4) is 0 Å². The SMILES string of the molecule is N[C@@H]1C(=O)N(c2cccc(F)c2)[C@@H]1c1ccc(Br)cc1. The van der Waals surface area contributed by atoms with E-state index >= 15 is 0 Å². The zero-order chi connectivity index (χ0) is 14.3. The molecule has 1 amide bonds. The van der Waals surface area contributed by atoms with Crippen molar-refractivity contribution in [1.82, 2.24) is 0 Å². The molecule has 102 valence electrons. The second-order valence-electron chi connectivity index (χ2n) is 4.71. The predicted octanol–water partition coefficient (Wildman–Crippen LogP) is 3.00. The number of nitrogens with zero attached hydrogens (tertiary/aromatic N) is 1. The standard InChI is InChI=1S/C15H12BrFN2O/c16-10-6-4-9(5-7-10)14-13(18)15(20)19(14)12-3-1-2-11(17)8-12/h1-8,13-14H,18H2/t13-,14+/m0/s1. The summed E-state index contributed by atoms with van der Waals surface area (Å²) in [4.78, 5) is 13.5. The summed E-state index contributed by atoms with van der Waals surface area (Å²) in [6, 6.07) is 12.8. The highest BCUT2D eigenvalue weighted by Gasteiger charge is 2.46. The third kappa shape index (κ3) is 2.13. The molecular formula is C15H12BrFN2O. The van der Waals surface area contributed by atoms with Crippen molar-refractivity contribution < 1.29 is 9.18 Å². The van der Waals surface area contributed by atoms with Crippen molar-refractivity contribution >= 4 is 27.5 Å². The Morgan fingerprint density at radius 2 is 1.85 bits per heavy atom. The molecule has 3 rings (SSSR count). The Kier molecular flexibility index (Phi) is 3.31. The van der Waals surface area contributed by atoms with Crippen molar-refractivity contribution in [2.75, 3.05) is 4.90 Å². The molecule has 1 aliphatic rings. The van der Waals surface area contributed by atoms with E-state index < -0.39 is 6.04 Å². The highest BCUT2D eigenvalue weighted by atomic mass is 79.9. The first kappa shape index (κ1) is 13.3. The fourth-order valence-corrected chi connectivity index (χ4v) is 2.71. The molecule has 2 aromatic rings. The van der Waals surface area contributed by atoms with Crippen LogP contribution in [0, 0.1) is 5.82 Å². The van der Waals surface area contributed by atoms with Gasteiger partial charge < -0.3 is 10.6 Å². The molecule has 2 atom stereocenters. The van der Waals surface area contributed by atoms with Crippen LogP contribution in [0.1, 0.15) is 11.6 Å². The van der Waals surface area contributed by atoms with Crippen molar-refractivity contribution in [1.29, 1.82) is 0 Å². The molecule has 0 aliphatic carbocycles. The summed E-state index contributed by atoms with van der Waals surface area (Å²) in [6.07, 6.45) is 0. The summed E-state index contributed by atoms with van der Waals surface area (Å²) in [5, 5.41) is 0. The maximum Gasteiger partial charge on any atom is 0.247 e. The van der Waals surface area contributed by atoms with E-state index in [4.69, 9.17) is 5.73 Å². The number of carbonyl (C=O) groups is 1. The molecule has 3 nitrogen and oxygen atoms in total. The maximum absolute atomic E-state index is 13.3. The van der Waals surface area contributed by atoms with Gasteiger partial charge in [-0.25, -0.2) is 4.39 Å². The molecule has 0 aromatic heterocycles. The monoisotopic (exact) mass is 334 g/mol. The summed E-state index contributed by atoms with van der Waals surface area (Å²) in [5.41, 5.74) is 7.37. The molecule has 1 saturated heterocycles. The maximum atomic E-state index is 13.3. The number of β-lactam (4-membered cyclic amide) rings is 1.